The van der Waals surface area contributed by atoms with Gasteiger partial charge < -0.3 is 5.32 Å². The number of nitro benzene ring substituents is 1. The summed E-state index contributed by atoms with van der Waals surface area (Å²) >= 11 is 3.92. The molecular formula is C12H11N3O5S. The van der Waals surface area contributed by atoms with Crippen molar-refractivity contribution in [3.05, 3.63) is 39.4 Å². The quantitative estimate of drug-likeness (QED) is 0.350. The first-order valence-electron chi connectivity index (χ1n) is 5.98. The zero-order valence-corrected chi connectivity index (χ0v) is 11.6. The van der Waals surface area contributed by atoms with Crippen LogP contribution in [-0.4, -0.2) is 46.4 Å². The molecule has 110 valence electrons. The lowest BCUT2D eigenvalue weighted by molar-refractivity contribution is -0.385. The fraction of sp³-hybridized carbons (Fsp3) is 0.250. The van der Waals surface area contributed by atoms with Crippen LogP contribution in [0.2, 0.25) is 0 Å². The van der Waals surface area contributed by atoms with Gasteiger partial charge in [-0.05, 0) is 6.07 Å². The van der Waals surface area contributed by atoms with Crippen LogP contribution >= 0.6 is 12.6 Å². The van der Waals surface area contributed by atoms with Crippen LogP contribution in [0.5, 0.6) is 0 Å². The van der Waals surface area contributed by atoms with E-state index < -0.39 is 34.9 Å². The molecule has 0 fully saturated rings. The third-order valence-electron chi connectivity index (χ3n) is 2.91. The second-order valence-corrected chi connectivity index (χ2v) is 4.67. The molecule has 1 aromatic rings. The number of thiol groups is 1. The number of rotatable bonds is 5. The molecule has 1 aliphatic rings. The van der Waals surface area contributed by atoms with Crippen molar-refractivity contribution in [3.8, 4) is 0 Å². The van der Waals surface area contributed by atoms with Crippen molar-refractivity contribution in [1.82, 2.24) is 10.2 Å². The third kappa shape index (κ3) is 2.72. The Morgan fingerprint density at radius 2 is 2.05 bits per heavy atom. The van der Waals surface area contributed by atoms with Gasteiger partial charge in [0.2, 0.25) is 5.91 Å². The fourth-order valence-electron chi connectivity index (χ4n) is 2.01. The summed E-state index contributed by atoms with van der Waals surface area (Å²) in [7, 11) is 0. The Morgan fingerprint density at radius 3 is 2.67 bits per heavy atom. The van der Waals surface area contributed by atoms with Gasteiger partial charge in [-0.15, -0.1) is 0 Å². The Balaban J connectivity index is 2.28. The summed E-state index contributed by atoms with van der Waals surface area (Å²) in [4.78, 5) is 46.7. The Bertz CT molecular complexity index is 646. The maximum absolute atomic E-state index is 12.1. The molecule has 0 atom stereocenters. The van der Waals surface area contributed by atoms with Crippen LogP contribution < -0.4 is 5.32 Å². The summed E-state index contributed by atoms with van der Waals surface area (Å²) < 4.78 is 0. The lowest BCUT2D eigenvalue weighted by Crippen LogP contribution is -2.40. The highest BCUT2D eigenvalue weighted by atomic mass is 32.1. The van der Waals surface area contributed by atoms with Crippen LogP contribution in [0.4, 0.5) is 5.69 Å². The van der Waals surface area contributed by atoms with Crippen LogP contribution in [0.25, 0.3) is 0 Å². The number of carbonyl (C=O) groups excluding carboxylic acids is 3. The van der Waals surface area contributed by atoms with Crippen LogP contribution in [0, 0.1) is 10.1 Å². The first-order chi connectivity index (χ1) is 9.97. The molecule has 0 spiro atoms. The highest BCUT2D eigenvalue weighted by molar-refractivity contribution is 7.80. The van der Waals surface area contributed by atoms with Crippen molar-refractivity contribution >= 4 is 36.0 Å². The molecule has 8 nitrogen and oxygen atoms in total. The molecule has 1 N–H and O–H groups in total. The van der Waals surface area contributed by atoms with E-state index in [-0.39, 0.29) is 11.1 Å². The van der Waals surface area contributed by atoms with E-state index >= 15 is 0 Å². The number of nitro groups is 1. The summed E-state index contributed by atoms with van der Waals surface area (Å²) in [6, 6.07) is 3.80. The van der Waals surface area contributed by atoms with Gasteiger partial charge in [0.1, 0.15) is 12.1 Å². The summed E-state index contributed by atoms with van der Waals surface area (Å²) in [5.41, 5.74) is -0.769. The highest BCUT2D eigenvalue weighted by Gasteiger charge is 2.41. The van der Waals surface area contributed by atoms with Crippen molar-refractivity contribution in [1.29, 1.82) is 0 Å². The molecule has 2 rings (SSSR count). The van der Waals surface area contributed by atoms with Gasteiger partial charge in [-0.1, -0.05) is 6.07 Å². The molecular weight excluding hydrogens is 298 g/mol. The Labute approximate surface area is 124 Å². The molecule has 1 aromatic carbocycles. The van der Waals surface area contributed by atoms with E-state index in [1.807, 2.05) is 0 Å². The Kier molecular flexibility index (Phi) is 4.22. The molecule has 0 unspecified atom stereocenters. The van der Waals surface area contributed by atoms with Gasteiger partial charge in [0.05, 0.1) is 10.5 Å². The van der Waals surface area contributed by atoms with Gasteiger partial charge in [-0.2, -0.15) is 12.6 Å². The minimum atomic E-state index is -0.830. The molecule has 9 heteroatoms. The van der Waals surface area contributed by atoms with E-state index in [1.54, 1.807) is 0 Å². The summed E-state index contributed by atoms with van der Waals surface area (Å²) in [5, 5.41) is 13.4. The van der Waals surface area contributed by atoms with Crippen molar-refractivity contribution in [3.63, 3.8) is 0 Å². The third-order valence-corrected chi connectivity index (χ3v) is 3.13. The molecule has 1 aliphatic heterocycles. The summed E-state index contributed by atoms with van der Waals surface area (Å²) in [6.07, 6.45) is 0. The van der Waals surface area contributed by atoms with Crippen molar-refractivity contribution in [2.24, 2.45) is 0 Å². The summed E-state index contributed by atoms with van der Waals surface area (Å²) in [5.74, 6) is -1.65. The average molecular weight is 309 g/mol. The minimum Gasteiger partial charge on any atom is -0.354 e. The molecule has 0 radical (unpaired) electrons. The van der Waals surface area contributed by atoms with Crippen molar-refractivity contribution in [2.45, 2.75) is 0 Å². The monoisotopic (exact) mass is 309 g/mol. The van der Waals surface area contributed by atoms with E-state index in [9.17, 15) is 24.5 Å². The number of benzene rings is 1. The zero-order chi connectivity index (χ0) is 15.6. The van der Waals surface area contributed by atoms with E-state index in [0.29, 0.717) is 17.2 Å². The normalized spacial score (nSPS) is 13.3. The van der Waals surface area contributed by atoms with Gasteiger partial charge in [-0.25, -0.2) is 0 Å². The van der Waals surface area contributed by atoms with E-state index in [2.05, 4.69) is 17.9 Å². The molecule has 0 saturated heterocycles. The van der Waals surface area contributed by atoms with E-state index in [0.717, 1.165) is 6.07 Å². The van der Waals surface area contributed by atoms with Crippen LogP contribution in [-0.2, 0) is 4.79 Å². The predicted octanol–water partition coefficient (Wildman–Crippen LogP) is 0.237. The Hall–Kier alpha value is -2.42. The molecule has 1 heterocycles. The van der Waals surface area contributed by atoms with Gasteiger partial charge >= 0.3 is 0 Å². The number of imide groups is 1. The molecule has 0 aliphatic carbocycles. The number of hydrogen-bond acceptors (Lipinski definition) is 6. The summed E-state index contributed by atoms with van der Waals surface area (Å²) in [6.45, 7) is -0.178. The van der Waals surface area contributed by atoms with Crippen molar-refractivity contribution < 1.29 is 19.3 Å². The molecule has 3 amide bonds. The SMILES string of the molecule is O=C(CN1C(=O)c2cccc([N+](=O)[O-])c2C1=O)NCCS. The van der Waals surface area contributed by atoms with Crippen LogP contribution in [0.1, 0.15) is 20.7 Å². The maximum Gasteiger partial charge on any atom is 0.282 e. The zero-order valence-electron chi connectivity index (χ0n) is 10.7. The number of nitrogens with zero attached hydrogens (tertiary/aromatic N) is 2. The number of nitrogens with one attached hydrogen (secondary N) is 1. The highest BCUT2D eigenvalue weighted by Crippen LogP contribution is 2.30. The number of fused-ring (bicyclic) bond motifs is 1. The topological polar surface area (TPSA) is 110 Å². The first-order valence-corrected chi connectivity index (χ1v) is 6.61. The predicted molar refractivity (Wildman–Crippen MR) is 75.3 cm³/mol. The molecule has 21 heavy (non-hydrogen) atoms. The second-order valence-electron chi connectivity index (χ2n) is 4.23. The molecule has 0 saturated carbocycles. The smallest absolute Gasteiger partial charge is 0.282 e. The van der Waals surface area contributed by atoms with Gasteiger partial charge in [0, 0.05) is 18.4 Å². The largest absolute Gasteiger partial charge is 0.354 e. The second kappa shape index (κ2) is 5.92. The molecule has 0 aromatic heterocycles. The van der Waals surface area contributed by atoms with Gasteiger partial charge in [0.25, 0.3) is 17.5 Å². The average Bonchev–Trinajstić information content (AvgIpc) is 2.70. The standard InChI is InChI=1S/C12H11N3O5S/c16-9(13-4-5-21)6-14-11(17)7-2-1-3-8(15(19)20)10(7)12(14)18/h1-3,21H,4-6H2,(H,13,16). The van der Waals surface area contributed by atoms with E-state index in [4.69, 9.17) is 0 Å². The molecule has 0 bridgehead atoms. The number of amides is 3. The fourth-order valence-corrected chi connectivity index (χ4v) is 2.12. The van der Waals surface area contributed by atoms with Gasteiger partial charge in [0.15, 0.2) is 0 Å². The van der Waals surface area contributed by atoms with Crippen LogP contribution in [0.3, 0.4) is 0 Å². The number of hydrogen-bond donors (Lipinski definition) is 2. The number of carbonyl (C=O) groups is 3. The maximum atomic E-state index is 12.1. The van der Waals surface area contributed by atoms with E-state index in [1.165, 1.54) is 12.1 Å². The lowest BCUT2D eigenvalue weighted by Gasteiger charge is -2.12. The van der Waals surface area contributed by atoms with Crippen LogP contribution in [0.15, 0.2) is 18.2 Å². The lowest BCUT2D eigenvalue weighted by atomic mass is 10.1. The van der Waals surface area contributed by atoms with Crippen molar-refractivity contribution in [2.75, 3.05) is 18.8 Å². The van der Waals surface area contributed by atoms with Gasteiger partial charge in [-0.3, -0.25) is 29.4 Å². The Morgan fingerprint density at radius 1 is 1.33 bits per heavy atom. The minimum absolute atomic E-state index is 0.0591. The first kappa shape index (κ1) is 15.0.